The van der Waals surface area contributed by atoms with Crippen molar-refractivity contribution < 1.29 is 32.9 Å². The van der Waals surface area contributed by atoms with Gasteiger partial charge in [-0.2, -0.15) is 0 Å². The van der Waals surface area contributed by atoms with Crippen LogP contribution < -0.4 is 0 Å². The molecule has 17 heavy (non-hydrogen) atoms. The third-order valence-corrected chi connectivity index (χ3v) is 2.23. The second-order valence-electron chi connectivity index (χ2n) is 3.41. The zero-order valence-corrected chi connectivity index (χ0v) is 8.50. The topological polar surface area (TPSA) is 60.7 Å². The molecule has 0 aromatic heterocycles. The third kappa shape index (κ3) is 2.74. The van der Waals surface area contributed by atoms with E-state index < -0.39 is 54.1 Å². The monoisotopic (exact) mass is 254 g/mol. The van der Waals surface area contributed by atoms with Crippen LogP contribution in [-0.2, 0) is 0 Å². The molecule has 0 aliphatic heterocycles. The van der Waals surface area contributed by atoms with Gasteiger partial charge in [-0.15, -0.1) is 0 Å². The van der Waals surface area contributed by atoms with E-state index in [9.17, 15) is 27.8 Å². The average molecular weight is 254 g/mol. The van der Waals surface area contributed by atoms with E-state index in [4.69, 9.17) is 5.11 Å². The fraction of sp³-hybridized carbons (Fsp3) is 0.400. The molecule has 0 radical (unpaired) electrons. The molecule has 0 saturated carbocycles. The highest BCUT2D eigenvalue weighted by molar-refractivity contribution is 5.25. The van der Waals surface area contributed by atoms with Gasteiger partial charge in [0.25, 0.3) is 0 Å². The van der Waals surface area contributed by atoms with Gasteiger partial charge in [0.15, 0.2) is 23.3 Å². The second-order valence-corrected chi connectivity index (χ2v) is 3.41. The molecule has 0 saturated heterocycles. The van der Waals surface area contributed by atoms with Crippen molar-refractivity contribution in [2.75, 3.05) is 6.61 Å². The Labute approximate surface area is 93.9 Å². The highest BCUT2D eigenvalue weighted by Crippen LogP contribution is 2.28. The maximum absolute atomic E-state index is 13.2. The Morgan fingerprint density at radius 1 is 1.00 bits per heavy atom. The first-order valence-electron chi connectivity index (χ1n) is 4.70. The molecule has 7 heteroatoms. The summed E-state index contributed by atoms with van der Waals surface area (Å²) in [5.74, 6) is -6.88. The number of rotatable bonds is 4. The molecule has 0 aliphatic rings. The number of hydrogen-bond donors (Lipinski definition) is 3. The van der Waals surface area contributed by atoms with E-state index in [1.165, 1.54) is 0 Å². The first-order chi connectivity index (χ1) is 7.90. The van der Waals surface area contributed by atoms with Crippen LogP contribution in [0.3, 0.4) is 0 Å². The van der Waals surface area contributed by atoms with Gasteiger partial charge >= 0.3 is 0 Å². The minimum Gasteiger partial charge on any atom is -0.396 e. The summed E-state index contributed by atoms with van der Waals surface area (Å²) in [6.45, 7) is -0.556. The van der Waals surface area contributed by atoms with Crippen LogP contribution in [0.5, 0.6) is 0 Å². The summed E-state index contributed by atoms with van der Waals surface area (Å²) in [7, 11) is 0. The molecule has 1 rings (SSSR count). The highest BCUT2D eigenvalue weighted by atomic mass is 19.2. The van der Waals surface area contributed by atoms with Gasteiger partial charge in [-0.25, -0.2) is 17.6 Å². The first-order valence-corrected chi connectivity index (χ1v) is 4.70. The highest BCUT2D eigenvalue weighted by Gasteiger charge is 2.29. The maximum atomic E-state index is 13.2. The number of halogens is 4. The fourth-order valence-corrected chi connectivity index (χ4v) is 1.33. The summed E-state index contributed by atoms with van der Waals surface area (Å²) in [6, 6.07) is -0.000684. The fourth-order valence-electron chi connectivity index (χ4n) is 1.33. The lowest BCUT2D eigenvalue weighted by molar-refractivity contribution is -0.000350. The summed E-state index contributed by atoms with van der Waals surface area (Å²) < 4.78 is 52.0. The van der Waals surface area contributed by atoms with Gasteiger partial charge in [-0.3, -0.25) is 0 Å². The Kier molecular flexibility index (Phi) is 4.44. The Balaban J connectivity index is 3.20. The van der Waals surface area contributed by atoms with Crippen molar-refractivity contribution in [2.24, 2.45) is 0 Å². The van der Waals surface area contributed by atoms with Gasteiger partial charge in [-0.05, 0) is 6.42 Å². The molecule has 96 valence electrons. The molecule has 0 bridgehead atoms. The third-order valence-electron chi connectivity index (χ3n) is 2.23. The molecule has 0 amide bonds. The quantitative estimate of drug-likeness (QED) is 0.555. The summed E-state index contributed by atoms with van der Waals surface area (Å²) in [5.41, 5.74) is -1.29. The largest absolute Gasteiger partial charge is 0.396 e. The van der Waals surface area contributed by atoms with Crippen LogP contribution >= 0.6 is 0 Å². The lowest BCUT2D eigenvalue weighted by Crippen LogP contribution is -2.22. The van der Waals surface area contributed by atoms with Crippen molar-refractivity contribution in [3.05, 3.63) is 34.9 Å². The predicted molar refractivity (Wildman–Crippen MR) is 48.9 cm³/mol. The van der Waals surface area contributed by atoms with E-state index in [2.05, 4.69) is 0 Å². The van der Waals surface area contributed by atoms with Crippen LogP contribution in [-0.4, -0.2) is 28.0 Å². The molecular weight excluding hydrogens is 244 g/mol. The Morgan fingerprint density at radius 2 is 1.47 bits per heavy atom. The molecular formula is C10H10F4O3. The van der Waals surface area contributed by atoms with Crippen LogP contribution in [0.25, 0.3) is 0 Å². The van der Waals surface area contributed by atoms with E-state index in [0.717, 1.165) is 0 Å². The van der Waals surface area contributed by atoms with Crippen LogP contribution in [0, 0.1) is 23.3 Å². The van der Waals surface area contributed by atoms with Gasteiger partial charge in [0.1, 0.15) is 6.10 Å². The smallest absolute Gasteiger partial charge is 0.167 e. The van der Waals surface area contributed by atoms with Crippen LogP contribution in [0.1, 0.15) is 18.1 Å². The van der Waals surface area contributed by atoms with Crippen LogP contribution in [0.2, 0.25) is 0 Å². The maximum Gasteiger partial charge on any atom is 0.167 e. The molecule has 1 aromatic rings. The molecule has 2 unspecified atom stereocenters. The average Bonchev–Trinajstić information content (AvgIpc) is 2.27. The molecule has 0 heterocycles. The van der Waals surface area contributed by atoms with Crippen molar-refractivity contribution in [1.29, 1.82) is 0 Å². The summed E-state index contributed by atoms with van der Waals surface area (Å²) in [6.07, 6.45) is -4.28. The number of aliphatic hydroxyl groups excluding tert-OH is 3. The molecule has 0 fully saturated rings. The molecule has 0 aliphatic carbocycles. The lowest BCUT2D eigenvalue weighted by Gasteiger charge is -2.18. The van der Waals surface area contributed by atoms with Gasteiger partial charge in [0.2, 0.25) is 0 Å². The minimum absolute atomic E-state index is 0.000684. The van der Waals surface area contributed by atoms with E-state index in [0.29, 0.717) is 0 Å². The first kappa shape index (κ1) is 13.9. The van der Waals surface area contributed by atoms with Crippen molar-refractivity contribution >= 4 is 0 Å². The molecule has 3 N–H and O–H groups in total. The SMILES string of the molecule is OCCC(O)C(O)c1c(F)c(F)cc(F)c1F. The van der Waals surface area contributed by atoms with Crippen LogP contribution in [0.4, 0.5) is 17.6 Å². The molecule has 0 spiro atoms. The van der Waals surface area contributed by atoms with Crippen molar-refractivity contribution in [3.63, 3.8) is 0 Å². The van der Waals surface area contributed by atoms with Crippen LogP contribution in [0.15, 0.2) is 6.07 Å². The summed E-state index contributed by atoms with van der Waals surface area (Å²) in [4.78, 5) is 0. The predicted octanol–water partition coefficient (Wildman–Crippen LogP) is 1.02. The van der Waals surface area contributed by atoms with Crippen molar-refractivity contribution in [2.45, 2.75) is 18.6 Å². The molecule has 3 nitrogen and oxygen atoms in total. The zero-order valence-electron chi connectivity index (χ0n) is 8.50. The van der Waals surface area contributed by atoms with E-state index >= 15 is 0 Å². The number of benzene rings is 1. The Hall–Kier alpha value is -1.18. The van der Waals surface area contributed by atoms with Crippen molar-refractivity contribution in [1.82, 2.24) is 0 Å². The Morgan fingerprint density at radius 3 is 1.88 bits per heavy atom. The number of hydrogen-bond acceptors (Lipinski definition) is 3. The normalized spacial score (nSPS) is 14.8. The van der Waals surface area contributed by atoms with Gasteiger partial charge in [-0.1, -0.05) is 0 Å². The van der Waals surface area contributed by atoms with Gasteiger partial charge in [0, 0.05) is 12.7 Å². The number of aliphatic hydroxyl groups is 3. The zero-order chi connectivity index (χ0) is 13.2. The second kappa shape index (κ2) is 5.44. The van der Waals surface area contributed by atoms with Gasteiger partial charge in [0.05, 0.1) is 11.7 Å². The van der Waals surface area contributed by atoms with E-state index in [-0.39, 0.29) is 6.07 Å². The Bertz CT molecular complexity index is 385. The lowest BCUT2D eigenvalue weighted by atomic mass is 10.0. The summed E-state index contributed by atoms with van der Waals surface area (Å²) >= 11 is 0. The standard InChI is InChI=1S/C10H10F4O3/c11-4-3-5(12)9(14)7(8(4)13)10(17)6(16)1-2-15/h3,6,10,15-17H,1-2H2. The minimum atomic E-state index is -2.16. The van der Waals surface area contributed by atoms with E-state index in [1.807, 2.05) is 0 Å². The molecule has 1 aromatic carbocycles. The van der Waals surface area contributed by atoms with Crippen molar-refractivity contribution in [3.8, 4) is 0 Å². The molecule has 2 atom stereocenters. The summed E-state index contributed by atoms with van der Waals surface area (Å²) in [5, 5.41) is 27.0. The van der Waals surface area contributed by atoms with Gasteiger partial charge < -0.3 is 15.3 Å². The van der Waals surface area contributed by atoms with E-state index in [1.54, 1.807) is 0 Å².